The molecule has 2 aromatic carbocycles. The van der Waals surface area contributed by atoms with Crippen LogP contribution in [0, 0.1) is 0 Å². The summed E-state index contributed by atoms with van der Waals surface area (Å²) in [6.45, 7) is 0.470. The Bertz CT molecular complexity index is 537. The lowest BCUT2D eigenvalue weighted by molar-refractivity contribution is -0.125. The van der Waals surface area contributed by atoms with Crippen molar-refractivity contribution in [2.45, 2.75) is 6.61 Å². The van der Waals surface area contributed by atoms with E-state index in [9.17, 15) is 4.79 Å². The molecule has 104 valence electrons. The Kier molecular flexibility index (Phi) is 5.15. The van der Waals surface area contributed by atoms with Crippen molar-refractivity contribution in [1.29, 1.82) is 0 Å². The highest BCUT2D eigenvalue weighted by atomic mass is 16.5. The summed E-state index contributed by atoms with van der Waals surface area (Å²) >= 11 is 0. The van der Waals surface area contributed by atoms with Gasteiger partial charge in [-0.2, -0.15) is 0 Å². The van der Waals surface area contributed by atoms with Gasteiger partial charge in [-0.25, -0.2) is 0 Å². The molecule has 4 heteroatoms. The number of para-hydroxylation sites is 1. The summed E-state index contributed by atoms with van der Waals surface area (Å²) in [6.07, 6.45) is 0. The van der Waals surface area contributed by atoms with Crippen LogP contribution in [0.15, 0.2) is 54.6 Å². The predicted octanol–water partition coefficient (Wildman–Crippen LogP) is 2.74. The second kappa shape index (κ2) is 7.31. The second-order valence-electron chi connectivity index (χ2n) is 4.23. The maximum atomic E-state index is 11.0. The molecule has 0 heterocycles. The molecule has 1 N–H and O–H groups in total. The van der Waals surface area contributed by atoms with Crippen LogP contribution in [-0.4, -0.2) is 19.6 Å². The van der Waals surface area contributed by atoms with Gasteiger partial charge in [-0.15, -0.1) is 0 Å². The van der Waals surface area contributed by atoms with Gasteiger partial charge >= 0.3 is 0 Å². The first-order valence-electron chi connectivity index (χ1n) is 6.38. The van der Waals surface area contributed by atoms with Gasteiger partial charge < -0.3 is 14.8 Å². The zero-order valence-corrected chi connectivity index (χ0v) is 11.3. The fraction of sp³-hybridized carbons (Fsp3) is 0.188. The minimum Gasteiger partial charge on any atom is -0.457 e. The van der Waals surface area contributed by atoms with Gasteiger partial charge in [-0.05, 0) is 29.8 Å². The third-order valence-corrected chi connectivity index (χ3v) is 2.68. The molecule has 0 unspecified atom stereocenters. The van der Waals surface area contributed by atoms with Gasteiger partial charge in [0.1, 0.15) is 18.1 Å². The first-order chi connectivity index (χ1) is 9.78. The highest BCUT2D eigenvalue weighted by molar-refractivity contribution is 5.76. The number of carbonyl (C=O) groups excluding carboxylic acids is 1. The van der Waals surface area contributed by atoms with Gasteiger partial charge in [-0.1, -0.05) is 30.3 Å². The Labute approximate surface area is 118 Å². The van der Waals surface area contributed by atoms with E-state index < -0.39 is 0 Å². The average molecular weight is 271 g/mol. The summed E-state index contributed by atoms with van der Waals surface area (Å²) in [5.41, 5.74) is 0.995. The SMILES string of the molecule is CNC(=O)COCc1ccc(Oc2ccccc2)cc1. The Morgan fingerprint density at radius 2 is 1.65 bits per heavy atom. The van der Waals surface area contributed by atoms with E-state index in [0.29, 0.717) is 6.61 Å². The van der Waals surface area contributed by atoms with E-state index >= 15 is 0 Å². The quantitative estimate of drug-likeness (QED) is 0.878. The Hall–Kier alpha value is -2.33. The number of ether oxygens (including phenoxy) is 2. The molecule has 0 radical (unpaired) electrons. The minimum atomic E-state index is -0.131. The third kappa shape index (κ3) is 4.40. The van der Waals surface area contributed by atoms with Gasteiger partial charge in [0.25, 0.3) is 0 Å². The first-order valence-corrected chi connectivity index (χ1v) is 6.38. The highest BCUT2D eigenvalue weighted by Crippen LogP contribution is 2.21. The molecule has 0 aliphatic carbocycles. The molecule has 0 saturated heterocycles. The Morgan fingerprint density at radius 3 is 2.30 bits per heavy atom. The lowest BCUT2D eigenvalue weighted by atomic mass is 10.2. The Morgan fingerprint density at radius 1 is 1.00 bits per heavy atom. The summed E-state index contributed by atoms with van der Waals surface area (Å²) in [5.74, 6) is 1.44. The summed E-state index contributed by atoms with van der Waals surface area (Å²) in [5, 5.41) is 2.50. The van der Waals surface area contributed by atoms with E-state index in [1.54, 1.807) is 7.05 Å². The fourth-order valence-corrected chi connectivity index (χ4v) is 1.61. The minimum absolute atomic E-state index is 0.0682. The van der Waals surface area contributed by atoms with Crippen LogP contribution in [0.2, 0.25) is 0 Å². The number of amides is 1. The summed E-state index contributed by atoms with van der Waals surface area (Å²) in [7, 11) is 1.58. The number of likely N-dealkylation sites (N-methyl/N-ethyl adjacent to an activating group) is 1. The number of hydrogen-bond acceptors (Lipinski definition) is 3. The molecule has 4 nitrogen and oxygen atoms in total. The van der Waals surface area contributed by atoms with Crippen molar-refractivity contribution < 1.29 is 14.3 Å². The van der Waals surface area contributed by atoms with Crippen LogP contribution in [0.4, 0.5) is 0 Å². The molecule has 2 aromatic rings. The molecule has 0 atom stereocenters. The van der Waals surface area contributed by atoms with Crippen LogP contribution < -0.4 is 10.1 Å². The second-order valence-corrected chi connectivity index (χ2v) is 4.23. The van der Waals surface area contributed by atoms with Gasteiger partial charge in [0, 0.05) is 7.05 Å². The smallest absolute Gasteiger partial charge is 0.245 e. The Balaban J connectivity index is 1.85. The third-order valence-electron chi connectivity index (χ3n) is 2.68. The van der Waals surface area contributed by atoms with Crippen molar-refractivity contribution in [2.75, 3.05) is 13.7 Å². The zero-order valence-electron chi connectivity index (χ0n) is 11.3. The molecule has 0 bridgehead atoms. The van der Waals surface area contributed by atoms with Crippen LogP contribution in [0.1, 0.15) is 5.56 Å². The van der Waals surface area contributed by atoms with E-state index in [4.69, 9.17) is 9.47 Å². The van der Waals surface area contributed by atoms with Crippen molar-refractivity contribution in [3.05, 3.63) is 60.2 Å². The molecule has 0 aromatic heterocycles. The van der Waals surface area contributed by atoms with Crippen LogP contribution >= 0.6 is 0 Å². The summed E-state index contributed by atoms with van der Waals surface area (Å²) < 4.78 is 11.0. The fourth-order valence-electron chi connectivity index (χ4n) is 1.61. The van der Waals surface area contributed by atoms with E-state index in [2.05, 4.69) is 5.32 Å². The average Bonchev–Trinajstić information content (AvgIpc) is 2.50. The topological polar surface area (TPSA) is 47.6 Å². The maximum absolute atomic E-state index is 11.0. The number of nitrogens with one attached hydrogen (secondary N) is 1. The maximum Gasteiger partial charge on any atom is 0.245 e. The number of rotatable bonds is 6. The molecular formula is C16H17NO3. The van der Waals surface area contributed by atoms with Crippen LogP contribution in [0.3, 0.4) is 0 Å². The van der Waals surface area contributed by atoms with Gasteiger partial charge in [0.15, 0.2) is 0 Å². The van der Waals surface area contributed by atoms with Crippen molar-refractivity contribution in [3.63, 3.8) is 0 Å². The molecule has 20 heavy (non-hydrogen) atoms. The molecule has 0 aliphatic rings. The molecule has 0 aliphatic heterocycles. The number of carbonyl (C=O) groups is 1. The highest BCUT2D eigenvalue weighted by Gasteiger charge is 2.00. The largest absolute Gasteiger partial charge is 0.457 e. The van der Waals surface area contributed by atoms with Crippen molar-refractivity contribution >= 4 is 5.91 Å². The monoisotopic (exact) mass is 271 g/mol. The normalized spacial score (nSPS) is 10.1. The molecule has 0 spiro atoms. The van der Waals surface area contributed by atoms with Gasteiger partial charge in [-0.3, -0.25) is 4.79 Å². The van der Waals surface area contributed by atoms with Crippen LogP contribution in [-0.2, 0) is 16.1 Å². The molecule has 0 saturated carbocycles. The standard InChI is InChI=1S/C16H17NO3/c1-17-16(18)12-19-11-13-7-9-15(10-8-13)20-14-5-3-2-4-6-14/h2-10H,11-12H2,1H3,(H,17,18). The molecule has 0 fully saturated rings. The van der Waals surface area contributed by atoms with E-state index in [1.807, 2.05) is 54.6 Å². The zero-order chi connectivity index (χ0) is 14.2. The molecule has 1 amide bonds. The lowest BCUT2D eigenvalue weighted by Gasteiger charge is -2.07. The molecule has 2 rings (SSSR count). The first kappa shape index (κ1) is 14.1. The summed E-state index contributed by atoms with van der Waals surface area (Å²) in [4.78, 5) is 11.0. The van der Waals surface area contributed by atoms with E-state index in [1.165, 1.54) is 0 Å². The summed E-state index contributed by atoms with van der Waals surface area (Å²) in [6, 6.07) is 17.2. The number of benzene rings is 2. The molecular weight excluding hydrogens is 254 g/mol. The van der Waals surface area contributed by atoms with Crippen LogP contribution in [0.25, 0.3) is 0 Å². The predicted molar refractivity (Wildman–Crippen MR) is 76.7 cm³/mol. The van der Waals surface area contributed by atoms with Gasteiger partial charge in [0.05, 0.1) is 6.61 Å². The van der Waals surface area contributed by atoms with Crippen molar-refractivity contribution in [1.82, 2.24) is 5.32 Å². The van der Waals surface area contributed by atoms with Gasteiger partial charge in [0.2, 0.25) is 5.91 Å². The van der Waals surface area contributed by atoms with E-state index in [0.717, 1.165) is 17.1 Å². The lowest BCUT2D eigenvalue weighted by Crippen LogP contribution is -2.23. The van der Waals surface area contributed by atoms with Crippen molar-refractivity contribution in [3.8, 4) is 11.5 Å². The van der Waals surface area contributed by atoms with E-state index in [-0.39, 0.29) is 12.5 Å². The van der Waals surface area contributed by atoms with Crippen LogP contribution in [0.5, 0.6) is 11.5 Å². The number of hydrogen-bond donors (Lipinski definition) is 1. The van der Waals surface area contributed by atoms with Crippen molar-refractivity contribution in [2.24, 2.45) is 0 Å².